The summed E-state index contributed by atoms with van der Waals surface area (Å²) in [6.45, 7) is 4.05. The van der Waals surface area contributed by atoms with E-state index in [-0.39, 0.29) is 17.1 Å². The van der Waals surface area contributed by atoms with Crippen molar-refractivity contribution in [1.82, 2.24) is 0 Å². The average Bonchev–Trinajstić information content (AvgIpc) is 2.81. The number of rotatable bonds is 1. The van der Waals surface area contributed by atoms with E-state index >= 15 is 0 Å². The van der Waals surface area contributed by atoms with Crippen molar-refractivity contribution in [3.8, 4) is 10.4 Å². The highest BCUT2D eigenvalue weighted by molar-refractivity contribution is 7.14. The van der Waals surface area contributed by atoms with Crippen LogP contribution in [0.3, 0.4) is 0 Å². The zero-order valence-corrected chi connectivity index (χ0v) is 11.0. The van der Waals surface area contributed by atoms with Crippen molar-refractivity contribution in [2.24, 2.45) is 0 Å². The molecular weight excluding hydrogens is 244 g/mol. The van der Waals surface area contributed by atoms with E-state index in [4.69, 9.17) is 0 Å². The number of ketones is 1. The lowest BCUT2D eigenvalue weighted by molar-refractivity contribution is 0.104. The van der Waals surface area contributed by atoms with E-state index in [1.165, 1.54) is 11.3 Å². The maximum Gasteiger partial charge on any atom is 0.195 e. The molecule has 0 saturated carbocycles. The summed E-state index contributed by atoms with van der Waals surface area (Å²) >= 11 is 1.52. The first-order chi connectivity index (χ1) is 8.58. The topological polar surface area (TPSA) is 34.1 Å². The van der Waals surface area contributed by atoms with Crippen molar-refractivity contribution >= 4 is 17.1 Å². The summed E-state index contributed by atoms with van der Waals surface area (Å²) in [7, 11) is 0. The number of carbonyl (C=O) groups excluding carboxylic acids is 1. The standard InChI is InChI=1S/C15H12O2S/c1-8(2)9-5-10(16)7-13-12(6-9)14(17)11-3-4-18-15(11)13/h3-8H,1-2H3. The van der Waals surface area contributed by atoms with Gasteiger partial charge >= 0.3 is 0 Å². The van der Waals surface area contributed by atoms with Gasteiger partial charge in [-0.2, -0.15) is 0 Å². The summed E-state index contributed by atoms with van der Waals surface area (Å²) in [5, 5.41) is 1.90. The Kier molecular flexibility index (Phi) is 2.45. The van der Waals surface area contributed by atoms with E-state index in [0.717, 1.165) is 21.6 Å². The average molecular weight is 256 g/mol. The first-order valence-corrected chi connectivity index (χ1v) is 6.78. The van der Waals surface area contributed by atoms with Gasteiger partial charge in [-0.1, -0.05) is 13.8 Å². The molecule has 90 valence electrons. The molecule has 1 aliphatic carbocycles. The van der Waals surface area contributed by atoms with E-state index in [0.29, 0.717) is 5.56 Å². The fourth-order valence-electron chi connectivity index (χ4n) is 2.26. The van der Waals surface area contributed by atoms with Crippen LogP contribution in [0.15, 0.2) is 34.4 Å². The third-order valence-electron chi connectivity index (χ3n) is 3.26. The Morgan fingerprint density at radius 3 is 2.50 bits per heavy atom. The molecule has 1 aliphatic rings. The number of fused-ring (bicyclic) bond motifs is 3. The minimum atomic E-state index is -0.0333. The van der Waals surface area contributed by atoms with Crippen molar-refractivity contribution in [3.05, 3.63) is 56.6 Å². The summed E-state index contributed by atoms with van der Waals surface area (Å²) in [5.74, 6) is 0.277. The van der Waals surface area contributed by atoms with E-state index in [9.17, 15) is 9.59 Å². The second kappa shape index (κ2) is 3.89. The molecule has 0 fully saturated rings. The van der Waals surface area contributed by atoms with Gasteiger partial charge in [0.15, 0.2) is 11.2 Å². The molecule has 2 aromatic rings. The van der Waals surface area contributed by atoms with Crippen LogP contribution < -0.4 is 5.43 Å². The largest absolute Gasteiger partial charge is 0.290 e. The van der Waals surface area contributed by atoms with Gasteiger partial charge in [-0.15, -0.1) is 11.3 Å². The fourth-order valence-corrected chi connectivity index (χ4v) is 3.19. The van der Waals surface area contributed by atoms with E-state index in [2.05, 4.69) is 0 Å². The van der Waals surface area contributed by atoms with Gasteiger partial charge in [-0.05, 0) is 41.1 Å². The quantitative estimate of drug-likeness (QED) is 0.668. The van der Waals surface area contributed by atoms with E-state index < -0.39 is 0 Å². The Morgan fingerprint density at radius 2 is 1.78 bits per heavy atom. The zero-order chi connectivity index (χ0) is 12.9. The van der Waals surface area contributed by atoms with E-state index in [1.54, 1.807) is 12.1 Å². The molecule has 1 aromatic heterocycles. The molecule has 0 spiro atoms. The first-order valence-electron chi connectivity index (χ1n) is 5.90. The summed E-state index contributed by atoms with van der Waals surface area (Å²) in [4.78, 5) is 25.1. The molecule has 18 heavy (non-hydrogen) atoms. The molecule has 0 bridgehead atoms. The lowest BCUT2D eigenvalue weighted by Gasteiger charge is -2.01. The van der Waals surface area contributed by atoms with E-state index in [1.807, 2.05) is 31.4 Å². The molecule has 1 heterocycles. The molecule has 2 nitrogen and oxygen atoms in total. The lowest BCUT2D eigenvalue weighted by atomic mass is 10.0. The third kappa shape index (κ3) is 1.55. The molecular formula is C15H12O2S. The number of carbonyl (C=O) groups is 1. The summed E-state index contributed by atoms with van der Waals surface area (Å²) in [6.07, 6.45) is 0. The number of hydrogen-bond acceptors (Lipinski definition) is 3. The maximum absolute atomic E-state index is 12.3. The Labute approximate surface area is 109 Å². The SMILES string of the molecule is CC(C)c1cc2c(cc(=O)c1)-c1sccc1C2=O. The van der Waals surface area contributed by atoms with Crippen LogP contribution in [0.5, 0.6) is 0 Å². The van der Waals surface area contributed by atoms with Crippen molar-refractivity contribution in [2.45, 2.75) is 19.8 Å². The molecule has 0 atom stereocenters. The maximum atomic E-state index is 12.3. The zero-order valence-electron chi connectivity index (χ0n) is 10.2. The van der Waals surface area contributed by atoms with Gasteiger partial charge in [-0.3, -0.25) is 9.59 Å². The molecule has 0 radical (unpaired) electrons. The van der Waals surface area contributed by atoms with Crippen LogP contribution in [0.25, 0.3) is 10.4 Å². The van der Waals surface area contributed by atoms with Crippen molar-refractivity contribution in [1.29, 1.82) is 0 Å². The molecule has 0 N–H and O–H groups in total. The Bertz CT molecular complexity index is 711. The van der Waals surface area contributed by atoms with Gasteiger partial charge in [0.05, 0.1) is 0 Å². The van der Waals surface area contributed by atoms with Gasteiger partial charge in [0.25, 0.3) is 0 Å². The minimum Gasteiger partial charge on any atom is -0.290 e. The molecule has 0 unspecified atom stereocenters. The highest BCUT2D eigenvalue weighted by Crippen LogP contribution is 2.39. The first kappa shape index (κ1) is 11.4. The second-order valence-corrected chi connectivity index (χ2v) is 5.73. The van der Waals surface area contributed by atoms with Crippen molar-refractivity contribution < 1.29 is 4.79 Å². The molecule has 3 heteroatoms. The summed E-state index contributed by atoms with van der Waals surface area (Å²) < 4.78 is 0. The number of thiophene rings is 1. The fraction of sp³-hybridized carbons (Fsp3) is 0.200. The molecule has 0 amide bonds. The predicted octanol–water partition coefficient (Wildman–Crippen LogP) is 3.44. The number of hydrogen-bond donors (Lipinski definition) is 0. The van der Waals surface area contributed by atoms with Crippen LogP contribution in [0.1, 0.15) is 41.3 Å². The monoisotopic (exact) mass is 256 g/mol. The van der Waals surface area contributed by atoms with Gasteiger partial charge < -0.3 is 0 Å². The van der Waals surface area contributed by atoms with Crippen LogP contribution in [0, 0.1) is 0 Å². The van der Waals surface area contributed by atoms with Crippen LogP contribution in [0.2, 0.25) is 0 Å². The summed E-state index contributed by atoms with van der Waals surface area (Å²) in [5.41, 5.74) is 3.08. The molecule has 0 saturated heterocycles. The molecule has 0 aliphatic heterocycles. The van der Waals surface area contributed by atoms with Crippen LogP contribution in [-0.2, 0) is 0 Å². The predicted molar refractivity (Wildman–Crippen MR) is 73.5 cm³/mol. The minimum absolute atomic E-state index is 0.0333. The third-order valence-corrected chi connectivity index (χ3v) is 4.21. The molecule has 3 rings (SSSR count). The summed E-state index contributed by atoms with van der Waals surface area (Å²) in [6, 6.07) is 6.92. The normalized spacial score (nSPS) is 12.7. The van der Waals surface area contributed by atoms with Crippen molar-refractivity contribution in [2.75, 3.05) is 0 Å². The highest BCUT2D eigenvalue weighted by atomic mass is 32.1. The van der Waals surface area contributed by atoms with Crippen LogP contribution >= 0.6 is 11.3 Å². The highest BCUT2D eigenvalue weighted by Gasteiger charge is 2.27. The Hall–Kier alpha value is -1.74. The Morgan fingerprint density at radius 1 is 1.00 bits per heavy atom. The van der Waals surface area contributed by atoms with Gasteiger partial charge in [0, 0.05) is 21.6 Å². The van der Waals surface area contributed by atoms with Gasteiger partial charge in [0.1, 0.15) is 0 Å². The van der Waals surface area contributed by atoms with Gasteiger partial charge in [0.2, 0.25) is 0 Å². The molecule has 1 aromatic carbocycles. The van der Waals surface area contributed by atoms with Crippen LogP contribution in [-0.4, -0.2) is 5.78 Å². The lowest BCUT2D eigenvalue weighted by Crippen LogP contribution is -1.96. The van der Waals surface area contributed by atoms with Crippen molar-refractivity contribution in [3.63, 3.8) is 0 Å². The van der Waals surface area contributed by atoms with Crippen LogP contribution in [0.4, 0.5) is 0 Å². The second-order valence-electron chi connectivity index (χ2n) is 4.81. The smallest absolute Gasteiger partial charge is 0.195 e. The Balaban J connectivity index is 2.38. The van der Waals surface area contributed by atoms with Gasteiger partial charge in [-0.25, -0.2) is 0 Å².